The van der Waals surface area contributed by atoms with Crippen LogP contribution in [0.5, 0.6) is 0 Å². The number of rotatable bonds is 5. The molecule has 1 N–H and O–H groups in total. The minimum atomic E-state index is 0.382. The van der Waals surface area contributed by atoms with E-state index >= 15 is 0 Å². The number of halogens is 1. The highest BCUT2D eigenvalue weighted by Crippen LogP contribution is 2.14. The molecule has 100 valence electrons. The van der Waals surface area contributed by atoms with Gasteiger partial charge in [0.15, 0.2) is 0 Å². The van der Waals surface area contributed by atoms with Gasteiger partial charge in [0.1, 0.15) is 0 Å². The van der Waals surface area contributed by atoms with Crippen LogP contribution in [0.3, 0.4) is 0 Å². The molecule has 2 heteroatoms. The molecule has 19 heavy (non-hydrogen) atoms. The number of nitrogens with one attached hydrogen (secondary N) is 1. The van der Waals surface area contributed by atoms with Crippen molar-refractivity contribution in [3.05, 3.63) is 70.2 Å². The normalized spacial score (nSPS) is 12.4. The molecule has 0 amide bonds. The summed E-state index contributed by atoms with van der Waals surface area (Å²) in [5.41, 5.74) is 3.97. The van der Waals surface area contributed by atoms with E-state index in [0.717, 1.165) is 18.0 Å². The van der Waals surface area contributed by atoms with E-state index < -0.39 is 0 Å². The monoisotopic (exact) mass is 273 g/mol. The maximum Gasteiger partial charge on any atom is 0.0406 e. The molecule has 0 saturated carbocycles. The third-order valence-corrected chi connectivity index (χ3v) is 3.57. The zero-order chi connectivity index (χ0) is 13.7. The van der Waals surface area contributed by atoms with Crippen LogP contribution in [0.1, 0.15) is 29.7 Å². The van der Waals surface area contributed by atoms with Crippen molar-refractivity contribution in [2.24, 2.45) is 0 Å². The van der Waals surface area contributed by atoms with E-state index in [1.807, 2.05) is 12.1 Å². The Balaban J connectivity index is 1.84. The number of benzene rings is 2. The van der Waals surface area contributed by atoms with Crippen LogP contribution in [-0.4, -0.2) is 6.54 Å². The topological polar surface area (TPSA) is 12.0 Å². The van der Waals surface area contributed by atoms with Gasteiger partial charge in [-0.3, -0.25) is 0 Å². The first kappa shape index (κ1) is 14.1. The minimum absolute atomic E-state index is 0.382. The Morgan fingerprint density at radius 1 is 1.11 bits per heavy atom. The summed E-state index contributed by atoms with van der Waals surface area (Å²) in [6, 6.07) is 17.1. The summed E-state index contributed by atoms with van der Waals surface area (Å²) in [4.78, 5) is 0. The molecule has 2 rings (SSSR count). The second-order valence-electron chi connectivity index (χ2n) is 4.97. The third kappa shape index (κ3) is 4.38. The second kappa shape index (κ2) is 6.74. The van der Waals surface area contributed by atoms with Crippen molar-refractivity contribution >= 4 is 11.6 Å². The second-order valence-corrected chi connectivity index (χ2v) is 5.40. The van der Waals surface area contributed by atoms with Gasteiger partial charge in [-0.05, 0) is 50.1 Å². The molecule has 0 spiro atoms. The Kier molecular flexibility index (Phi) is 5.00. The Bertz CT molecular complexity index is 519. The van der Waals surface area contributed by atoms with Gasteiger partial charge in [0, 0.05) is 11.1 Å². The predicted octanol–water partition coefficient (Wildman–Crippen LogP) is 4.54. The molecule has 0 bridgehead atoms. The molecule has 0 aliphatic carbocycles. The SMILES string of the molecule is Cc1cccc(C(C)NCCc2ccc(Cl)cc2)c1. The van der Waals surface area contributed by atoms with Crippen LogP contribution >= 0.6 is 11.6 Å². The lowest BCUT2D eigenvalue weighted by atomic mass is 10.1. The molecule has 0 aromatic heterocycles. The van der Waals surface area contributed by atoms with E-state index in [1.54, 1.807) is 0 Å². The average Bonchev–Trinajstić information content (AvgIpc) is 2.41. The molecule has 0 radical (unpaired) electrons. The summed E-state index contributed by atoms with van der Waals surface area (Å²) in [6.07, 6.45) is 1.02. The highest BCUT2D eigenvalue weighted by atomic mass is 35.5. The molecule has 0 fully saturated rings. The van der Waals surface area contributed by atoms with Gasteiger partial charge in [-0.15, -0.1) is 0 Å². The van der Waals surface area contributed by atoms with E-state index in [1.165, 1.54) is 16.7 Å². The van der Waals surface area contributed by atoms with Gasteiger partial charge in [0.25, 0.3) is 0 Å². The average molecular weight is 274 g/mol. The van der Waals surface area contributed by atoms with Crippen LogP contribution in [0.4, 0.5) is 0 Å². The summed E-state index contributed by atoms with van der Waals surface area (Å²) >= 11 is 5.88. The smallest absolute Gasteiger partial charge is 0.0406 e. The summed E-state index contributed by atoms with van der Waals surface area (Å²) in [5, 5.41) is 4.35. The molecular formula is C17H20ClN. The van der Waals surface area contributed by atoms with Crippen molar-refractivity contribution in [1.82, 2.24) is 5.32 Å². The fourth-order valence-electron chi connectivity index (χ4n) is 2.14. The van der Waals surface area contributed by atoms with Crippen LogP contribution in [0.2, 0.25) is 5.02 Å². The summed E-state index contributed by atoms with van der Waals surface area (Å²) < 4.78 is 0. The first-order chi connectivity index (χ1) is 9.15. The zero-order valence-electron chi connectivity index (χ0n) is 11.5. The van der Waals surface area contributed by atoms with E-state index in [2.05, 4.69) is 55.6 Å². The third-order valence-electron chi connectivity index (χ3n) is 3.32. The molecular weight excluding hydrogens is 254 g/mol. The van der Waals surface area contributed by atoms with E-state index in [9.17, 15) is 0 Å². The Morgan fingerprint density at radius 3 is 2.53 bits per heavy atom. The summed E-state index contributed by atoms with van der Waals surface area (Å²) in [6.45, 7) is 5.30. The van der Waals surface area contributed by atoms with Crippen molar-refractivity contribution in [1.29, 1.82) is 0 Å². The molecule has 2 aromatic rings. The van der Waals surface area contributed by atoms with Gasteiger partial charge in [0.05, 0.1) is 0 Å². The fourth-order valence-corrected chi connectivity index (χ4v) is 2.27. The number of hydrogen-bond donors (Lipinski definition) is 1. The first-order valence-corrected chi connectivity index (χ1v) is 7.07. The van der Waals surface area contributed by atoms with E-state index in [0.29, 0.717) is 6.04 Å². The van der Waals surface area contributed by atoms with Crippen molar-refractivity contribution in [3.8, 4) is 0 Å². The molecule has 0 saturated heterocycles. The molecule has 0 heterocycles. The molecule has 0 aliphatic rings. The lowest BCUT2D eigenvalue weighted by Gasteiger charge is -2.14. The summed E-state index contributed by atoms with van der Waals surface area (Å²) in [5.74, 6) is 0. The largest absolute Gasteiger partial charge is 0.310 e. The molecule has 2 aromatic carbocycles. The van der Waals surface area contributed by atoms with Crippen LogP contribution in [-0.2, 0) is 6.42 Å². The summed E-state index contributed by atoms with van der Waals surface area (Å²) in [7, 11) is 0. The standard InChI is InChI=1S/C17H20ClN/c1-13-4-3-5-16(12-13)14(2)19-11-10-15-6-8-17(18)9-7-15/h3-9,12,14,19H,10-11H2,1-2H3. The van der Waals surface area contributed by atoms with Crippen molar-refractivity contribution in [3.63, 3.8) is 0 Å². The van der Waals surface area contributed by atoms with Gasteiger partial charge in [0.2, 0.25) is 0 Å². The number of hydrogen-bond acceptors (Lipinski definition) is 1. The minimum Gasteiger partial charge on any atom is -0.310 e. The van der Waals surface area contributed by atoms with Crippen LogP contribution in [0, 0.1) is 6.92 Å². The van der Waals surface area contributed by atoms with Crippen LogP contribution in [0.25, 0.3) is 0 Å². The maximum atomic E-state index is 5.88. The van der Waals surface area contributed by atoms with E-state index in [4.69, 9.17) is 11.6 Å². The highest BCUT2D eigenvalue weighted by molar-refractivity contribution is 6.30. The van der Waals surface area contributed by atoms with Gasteiger partial charge in [-0.25, -0.2) is 0 Å². The lowest BCUT2D eigenvalue weighted by Crippen LogP contribution is -2.21. The predicted molar refractivity (Wildman–Crippen MR) is 82.8 cm³/mol. The van der Waals surface area contributed by atoms with Gasteiger partial charge in [-0.2, -0.15) is 0 Å². The Morgan fingerprint density at radius 2 is 1.84 bits per heavy atom. The molecule has 1 atom stereocenters. The zero-order valence-corrected chi connectivity index (χ0v) is 12.2. The van der Waals surface area contributed by atoms with Crippen LogP contribution < -0.4 is 5.32 Å². The maximum absolute atomic E-state index is 5.88. The fraction of sp³-hybridized carbons (Fsp3) is 0.294. The van der Waals surface area contributed by atoms with Crippen molar-refractivity contribution in [2.75, 3.05) is 6.54 Å². The van der Waals surface area contributed by atoms with Gasteiger partial charge < -0.3 is 5.32 Å². The lowest BCUT2D eigenvalue weighted by molar-refractivity contribution is 0.576. The van der Waals surface area contributed by atoms with Gasteiger partial charge in [-0.1, -0.05) is 53.6 Å². The molecule has 1 unspecified atom stereocenters. The van der Waals surface area contributed by atoms with Crippen molar-refractivity contribution < 1.29 is 0 Å². The van der Waals surface area contributed by atoms with Crippen molar-refractivity contribution in [2.45, 2.75) is 26.3 Å². The Labute approximate surface area is 120 Å². The quantitative estimate of drug-likeness (QED) is 0.843. The highest BCUT2D eigenvalue weighted by Gasteiger charge is 2.04. The molecule has 1 nitrogen and oxygen atoms in total. The number of aryl methyl sites for hydroxylation is 1. The van der Waals surface area contributed by atoms with Crippen LogP contribution in [0.15, 0.2) is 48.5 Å². The molecule has 0 aliphatic heterocycles. The van der Waals surface area contributed by atoms with Gasteiger partial charge >= 0.3 is 0 Å². The van der Waals surface area contributed by atoms with E-state index in [-0.39, 0.29) is 0 Å². The first-order valence-electron chi connectivity index (χ1n) is 6.69. The Hall–Kier alpha value is -1.31.